The number of alkyl carbamates (subject to hydrolysis) is 1. The van der Waals surface area contributed by atoms with Crippen LogP contribution in [-0.4, -0.2) is 58.6 Å². The number of ether oxygens (including phenoxy) is 2. The average molecular weight is 620 g/mol. The predicted molar refractivity (Wildman–Crippen MR) is 175 cm³/mol. The highest BCUT2D eigenvalue weighted by Crippen LogP contribution is 2.26. The smallest absolute Gasteiger partial charge is 0.408 e. The van der Waals surface area contributed by atoms with Gasteiger partial charge in [-0.25, -0.2) is 9.59 Å². The number of hydrogen-bond donors (Lipinski definition) is 2. The molecule has 45 heavy (non-hydrogen) atoms. The average Bonchev–Trinajstić information content (AvgIpc) is 2.96. The molecule has 0 bridgehead atoms. The fourth-order valence-corrected chi connectivity index (χ4v) is 4.66. The minimum absolute atomic E-state index is 0.131. The molecule has 0 spiro atoms. The molecule has 0 aromatic heterocycles. The number of terminal acetylenes is 1. The molecule has 2 aromatic rings. The number of rotatable bonds is 12. The summed E-state index contributed by atoms with van der Waals surface area (Å²) in [4.78, 5) is 56.1. The Bertz CT molecular complexity index is 1340. The Morgan fingerprint density at radius 1 is 0.867 bits per heavy atom. The van der Waals surface area contributed by atoms with Gasteiger partial charge in [0.2, 0.25) is 11.8 Å². The summed E-state index contributed by atoms with van der Waals surface area (Å²) < 4.78 is 11.1. The fourth-order valence-electron chi connectivity index (χ4n) is 4.66. The van der Waals surface area contributed by atoms with E-state index in [1.165, 1.54) is 4.90 Å². The molecule has 0 radical (unpaired) electrons. The Morgan fingerprint density at radius 3 is 1.93 bits per heavy atom. The quantitative estimate of drug-likeness (QED) is 0.237. The molecule has 0 aliphatic heterocycles. The van der Waals surface area contributed by atoms with Crippen LogP contribution in [0, 0.1) is 18.3 Å². The second kappa shape index (κ2) is 16.1. The van der Waals surface area contributed by atoms with E-state index in [0.29, 0.717) is 17.5 Å². The third kappa shape index (κ3) is 11.6. The number of esters is 1. The van der Waals surface area contributed by atoms with Crippen molar-refractivity contribution in [3.63, 3.8) is 0 Å². The lowest BCUT2D eigenvalue weighted by atomic mass is 9.95. The van der Waals surface area contributed by atoms with Crippen LogP contribution >= 0.6 is 0 Å². The third-order valence-corrected chi connectivity index (χ3v) is 7.02. The van der Waals surface area contributed by atoms with Crippen molar-refractivity contribution in [1.82, 2.24) is 15.5 Å². The molecule has 0 fully saturated rings. The van der Waals surface area contributed by atoms with E-state index < -0.39 is 53.2 Å². The van der Waals surface area contributed by atoms with Crippen LogP contribution in [0.2, 0.25) is 0 Å². The maximum absolute atomic E-state index is 14.3. The van der Waals surface area contributed by atoms with Gasteiger partial charge in [-0.2, -0.15) is 0 Å². The molecule has 4 unspecified atom stereocenters. The number of nitrogens with one attached hydrogen (secondary N) is 2. The van der Waals surface area contributed by atoms with Gasteiger partial charge in [0.1, 0.15) is 29.3 Å². The van der Waals surface area contributed by atoms with Crippen LogP contribution in [-0.2, 0) is 30.3 Å². The predicted octanol–water partition coefficient (Wildman–Crippen LogP) is 5.57. The van der Waals surface area contributed by atoms with Gasteiger partial charge in [-0.1, -0.05) is 68.7 Å². The number of carbonyl (C=O) groups is 4. The first-order valence-corrected chi connectivity index (χ1v) is 15.4. The highest BCUT2D eigenvalue weighted by atomic mass is 16.6. The van der Waals surface area contributed by atoms with Crippen LogP contribution in [0.3, 0.4) is 0 Å². The number of amides is 3. The molecule has 0 saturated heterocycles. The summed E-state index contributed by atoms with van der Waals surface area (Å²) in [7, 11) is 0. The van der Waals surface area contributed by atoms with Crippen molar-refractivity contribution in [1.29, 1.82) is 0 Å². The standard InChI is InChI=1S/C36H49N3O6/c1-11-24(4)29(38-34(43)45-36(8,9)10)32(41)39(13-3)30(27-21-19-25(12-2)20-22-27)31(40)37-28(33(42)44-35(5,6)7)23-26-17-15-14-16-18-26/h2,14-22,24,28-30H,11,13,23H2,1,3-10H3,(H,37,40)(H,38,43). The van der Waals surface area contributed by atoms with Gasteiger partial charge in [0.05, 0.1) is 0 Å². The second-order valence-corrected chi connectivity index (χ2v) is 13.1. The highest BCUT2D eigenvalue weighted by molar-refractivity contribution is 5.94. The van der Waals surface area contributed by atoms with Gasteiger partial charge >= 0.3 is 12.1 Å². The summed E-state index contributed by atoms with van der Waals surface area (Å²) >= 11 is 0. The van der Waals surface area contributed by atoms with Crippen molar-refractivity contribution in [3.05, 3.63) is 71.3 Å². The maximum atomic E-state index is 14.3. The van der Waals surface area contributed by atoms with E-state index >= 15 is 0 Å². The number of hydrogen-bond acceptors (Lipinski definition) is 6. The Morgan fingerprint density at radius 2 is 1.44 bits per heavy atom. The molecule has 2 rings (SSSR count). The number of likely N-dealkylation sites (N-methyl/N-ethyl adjacent to an activating group) is 1. The SMILES string of the molecule is C#Cc1ccc(C(C(=O)NC(Cc2ccccc2)C(=O)OC(C)(C)C)N(CC)C(=O)C(NC(=O)OC(C)(C)C)C(C)CC)cc1. The highest BCUT2D eigenvalue weighted by Gasteiger charge is 2.39. The molecule has 2 aromatic carbocycles. The summed E-state index contributed by atoms with van der Waals surface area (Å²) in [6.45, 7) is 16.1. The first-order valence-electron chi connectivity index (χ1n) is 15.4. The van der Waals surface area contributed by atoms with Crippen LogP contribution in [0.4, 0.5) is 4.79 Å². The van der Waals surface area contributed by atoms with E-state index in [9.17, 15) is 19.2 Å². The first-order chi connectivity index (χ1) is 21.0. The van der Waals surface area contributed by atoms with Crippen molar-refractivity contribution >= 4 is 23.9 Å². The normalized spacial score (nSPS) is 14.1. The maximum Gasteiger partial charge on any atom is 0.408 e. The van der Waals surface area contributed by atoms with Crippen LogP contribution in [0.1, 0.15) is 91.5 Å². The second-order valence-electron chi connectivity index (χ2n) is 13.1. The van der Waals surface area contributed by atoms with Gasteiger partial charge in [0.15, 0.2) is 0 Å². The lowest BCUT2D eigenvalue weighted by Gasteiger charge is -2.36. The van der Waals surface area contributed by atoms with Crippen molar-refractivity contribution < 1.29 is 28.7 Å². The lowest BCUT2D eigenvalue weighted by Crippen LogP contribution is -2.56. The van der Waals surface area contributed by atoms with E-state index in [1.807, 2.05) is 44.2 Å². The van der Waals surface area contributed by atoms with Gasteiger partial charge in [-0.15, -0.1) is 6.42 Å². The summed E-state index contributed by atoms with van der Waals surface area (Å²) in [6.07, 6.45) is 5.60. The number of nitrogens with zero attached hydrogens (tertiary/aromatic N) is 1. The first kappa shape index (κ1) is 36.9. The molecule has 0 aliphatic rings. The largest absolute Gasteiger partial charge is 0.458 e. The summed E-state index contributed by atoms with van der Waals surface area (Å²) in [5.41, 5.74) is 0.361. The Labute approximate surface area is 268 Å². The zero-order chi connectivity index (χ0) is 33.9. The number of carbonyl (C=O) groups excluding carboxylic acids is 4. The fraction of sp³-hybridized carbons (Fsp3) is 0.500. The zero-order valence-corrected chi connectivity index (χ0v) is 28.1. The third-order valence-electron chi connectivity index (χ3n) is 7.02. The summed E-state index contributed by atoms with van der Waals surface area (Å²) in [6, 6.07) is 12.9. The van der Waals surface area contributed by atoms with Gasteiger partial charge in [0, 0.05) is 18.5 Å². The van der Waals surface area contributed by atoms with E-state index in [-0.39, 0.29) is 18.9 Å². The van der Waals surface area contributed by atoms with E-state index in [0.717, 1.165) is 5.56 Å². The molecule has 9 heteroatoms. The Hall–Kier alpha value is -4.32. The lowest BCUT2D eigenvalue weighted by molar-refractivity contribution is -0.159. The minimum atomic E-state index is -1.15. The topological polar surface area (TPSA) is 114 Å². The molecule has 4 atom stereocenters. The Balaban J connectivity index is 2.57. The molecule has 0 aliphatic carbocycles. The molecule has 3 amide bonds. The minimum Gasteiger partial charge on any atom is -0.458 e. The molecule has 0 saturated carbocycles. The van der Waals surface area contributed by atoms with E-state index in [2.05, 4.69) is 16.6 Å². The van der Waals surface area contributed by atoms with Gasteiger partial charge in [-0.05, 0) is 77.6 Å². The van der Waals surface area contributed by atoms with E-state index in [1.54, 1.807) is 72.7 Å². The molecular formula is C36H49N3O6. The zero-order valence-electron chi connectivity index (χ0n) is 28.1. The molecule has 2 N–H and O–H groups in total. The van der Waals surface area contributed by atoms with Crippen molar-refractivity contribution in [2.24, 2.45) is 5.92 Å². The van der Waals surface area contributed by atoms with Crippen molar-refractivity contribution in [2.75, 3.05) is 6.54 Å². The van der Waals surface area contributed by atoms with Gasteiger partial charge < -0.3 is 25.0 Å². The van der Waals surface area contributed by atoms with Crippen LogP contribution in [0.25, 0.3) is 0 Å². The van der Waals surface area contributed by atoms with Crippen LogP contribution in [0.15, 0.2) is 54.6 Å². The Kier molecular flexibility index (Phi) is 13.2. The van der Waals surface area contributed by atoms with E-state index in [4.69, 9.17) is 15.9 Å². The van der Waals surface area contributed by atoms with Gasteiger partial charge in [-0.3, -0.25) is 9.59 Å². The van der Waals surface area contributed by atoms with Crippen molar-refractivity contribution in [3.8, 4) is 12.3 Å². The van der Waals surface area contributed by atoms with Crippen LogP contribution < -0.4 is 10.6 Å². The molecule has 9 nitrogen and oxygen atoms in total. The molecule has 244 valence electrons. The number of benzene rings is 2. The van der Waals surface area contributed by atoms with Gasteiger partial charge in [0.25, 0.3) is 0 Å². The monoisotopic (exact) mass is 619 g/mol. The molecular weight excluding hydrogens is 570 g/mol. The summed E-state index contributed by atoms with van der Waals surface area (Å²) in [5.74, 6) is 0.645. The van der Waals surface area contributed by atoms with Crippen LogP contribution in [0.5, 0.6) is 0 Å². The summed E-state index contributed by atoms with van der Waals surface area (Å²) in [5, 5.41) is 5.61. The van der Waals surface area contributed by atoms with Crippen molar-refractivity contribution in [2.45, 2.75) is 104 Å². The molecule has 0 heterocycles.